The molecule has 0 aliphatic heterocycles. The Morgan fingerprint density at radius 3 is 2.29 bits per heavy atom. The van der Waals surface area contributed by atoms with Crippen molar-refractivity contribution in [2.75, 3.05) is 30.0 Å². The molecule has 112 valence electrons. The van der Waals surface area contributed by atoms with Gasteiger partial charge in [0.15, 0.2) is 0 Å². The second kappa shape index (κ2) is 5.63. The maximum Gasteiger partial charge on any atom is 0.240 e. The Morgan fingerprint density at radius 2 is 1.71 bits per heavy atom. The van der Waals surface area contributed by atoms with Crippen molar-refractivity contribution in [1.82, 2.24) is 0 Å². The first-order chi connectivity index (χ1) is 9.77. The number of primary sulfonamides is 1. The van der Waals surface area contributed by atoms with Gasteiger partial charge in [0.25, 0.3) is 0 Å². The van der Waals surface area contributed by atoms with Gasteiger partial charge in [-0.05, 0) is 36.4 Å². The minimum atomic E-state index is -3.80. The Hall–Kier alpha value is -2.25. The molecule has 0 saturated carbocycles. The number of hydrogen-bond acceptors (Lipinski definition) is 5. The summed E-state index contributed by atoms with van der Waals surface area (Å²) in [4.78, 5) is 1.92. The van der Waals surface area contributed by atoms with Crippen molar-refractivity contribution in [2.45, 2.75) is 4.90 Å². The zero-order chi connectivity index (χ0) is 15.6. The third-order valence-electron chi connectivity index (χ3n) is 2.97. The summed E-state index contributed by atoms with van der Waals surface area (Å²) in [5, 5.41) is 8.26. The summed E-state index contributed by atoms with van der Waals surface area (Å²) in [5.41, 5.74) is 8.47. The van der Waals surface area contributed by atoms with E-state index in [1.54, 1.807) is 12.1 Å². The molecule has 0 aliphatic carbocycles. The van der Waals surface area contributed by atoms with Gasteiger partial charge in [-0.15, -0.1) is 0 Å². The first-order valence-electron chi connectivity index (χ1n) is 6.24. The quantitative estimate of drug-likeness (QED) is 0.747. The van der Waals surface area contributed by atoms with Gasteiger partial charge in [-0.3, -0.25) is 0 Å². The fourth-order valence-electron chi connectivity index (χ4n) is 1.91. The van der Waals surface area contributed by atoms with Crippen molar-refractivity contribution in [3.8, 4) is 0 Å². The normalized spacial score (nSPS) is 11.2. The van der Waals surface area contributed by atoms with E-state index in [2.05, 4.69) is 5.32 Å². The highest BCUT2D eigenvalue weighted by Crippen LogP contribution is 2.25. The molecule has 2 aromatic carbocycles. The van der Waals surface area contributed by atoms with Crippen LogP contribution in [0.25, 0.3) is 0 Å². The van der Waals surface area contributed by atoms with Crippen molar-refractivity contribution < 1.29 is 8.42 Å². The summed E-state index contributed by atoms with van der Waals surface area (Å²) < 4.78 is 22.6. The van der Waals surface area contributed by atoms with Gasteiger partial charge in [0.1, 0.15) is 4.90 Å². The van der Waals surface area contributed by atoms with E-state index >= 15 is 0 Å². The van der Waals surface area contributed by atoms with E-state index in [4.69, 9.17) is 10.9 Å². The zero-order valence-corrected chi connectivity index (χ0v) is 12.7. The first kappa shape index (κ1) is 15.1. The fourth-order valence-corrected chi connectivity index (χ4v) is 2.56. The minimum Gasteiger partial charge on any atom is -0.398 e. The first-order valence-corrected chi connectivity index (χ1v) is 7.79. The standard InChI is InChI=1S/C14H18N4O2S/c1-18(2)12-5-3-4-10(8-12)17-11-6-7-14(13(15)9-11)21(16,19)20/h3-9,17H,15H2,1-2H3,(H2,16,19,20). The number of nitrogen functional groups attached to an aromatic ring is 1. The lowest BCUT2D eigenvalue weighted by atomic mass is 10.2. The van der Waals surface area contributed by atoms with E-state index < -0.39 is 10.0 Å². The lowest BCUT2D eigenvalue weighted by Crippen LogP contribution is -2.14. The van der Waals surface area contributed by atoms with Crippen LogP contribution < -0.4 is 21.1 Å². The van der Waals surface area contributed by atoms with E-state index in [0.717, 1.165) is 11.4 Å². The van der Waals surface area contributed by atoms with Crippen LogP contribution >= 0.6 is 0 Å². The lowest BCUT2D eigenvalue weighted by Gasteiger charge is -2.15. The van der Waals surface area contributed by atoms with Crippen LogP contribution in [0.3, 0.4) is 0 Å². The highest BCUT2D eigenvalue weighted by molar-refractivity contribution is 7.89. The summed E-state index contributed by atoms with van der Waals surface area (Å²) in [6, 6.07) is 12.4. The van der Waals surface area contributed by atoms with E-state index in [0.29, 0.717) is 5.69 Å². The van der Waals surface area contributed by atoms with Gasteiger partial charge in [0.05, 0.1) is 5.69 Å². The Balaban J connectivity index is 2.29. The number of rotatable bonds is 4. The predicted octanol–water partition coefficient (Wildman–Crippen LogP) is 1.73. The maximum atomic E-state index is 11.3. The van der Waals surface area contributed by atoms with Crippen LogP contribution in [0.1, 0.15) is 0 Å². The molecule has 2 aromatic rings. The molecule has 0 aliphatic rings. The Morgan fingerprint density at radius 1 is 1.05 bits per heavy atom. The average Bonchev–Trinajstić information content (AvgIpc) is 2.37. The van der Waals surface area contributed by atoms with E-state index in [1.807, 2.05) is 43.3 Å². The number of hydrogen-bond donors (Lipinski definition) is 3. The summed E-state index contributed by atoms with van der Waals surface area (Å²) in [7, 11) is 0.112. The van der Waals surface area contributed by atoms with Crippen LogP contribution in [0.15, 0.2) is 47.4 Å². The van der Waals surface area contributed by atoms with Crippen LogP contribution in [0, 0.1) is 0 Å². The van der Waals surface area contributed by atoms with Crippen molar-refractivity contribution in [2.24, 2.45) is 5.14 Å². The lowest BCUT2D eigenvalue weighted by molar-refractivity contribution is 0.598. The second-order valence-electron chi connectivity index (χ2n) is 4.87. The molecule has 0 spiro atoms. The van der Waals surface area contributed by atoms with Gasteiger partial charge in [0, 0.05) is 31.2 Å². The number of benzene rings is 2. The Labute approximate surface area is 124 Å². The van der Waals surface area contributed by atoms with E-state index in [9.17, 15) is 8.42 Å². The molecule has 0 fully saturated rings. The molecular weight excluding hydrogens is 288 g/mol. The molecule has 2 rings (SSSR count). The molecule has 0 unspecified atom stereocenters. The molecule has 7 heteroatoms. The number of anilines is 4. The predicted molar refractivity (Wildman–Crippen MR) is 86.3 cm³/mol. The topological polar surface area (TPSA) is 101 Å². The summed E-state index contributed by atoms with van der Waals surface area (Å²) in [6.07, 6.45) is 0. The van der Waals surface area contributed by atoms with Gasteiger partial charge in [-0.2, -0.15) is 0 Å². The third-order valence-corrected chi connectivity index (χ3v) is 3.95. The summed E-state index contributed by atoms with van der Waals surface area (Å²) in [6.45, 7) is 0. The Kier molecular flexibility index (Phi) is 4.06. The molecule has 5 N–H and O–H groups in total. The van der Waals surface area contributed by atoms with Crippen molar-refractivity contribution >= 4 is 32.8 Å². The highest BCUT2D eigenvalue weighted by atomic mass is 32.2. The molecule has 0 atom stereocenters. The molecule has 21 heavy (non-hydrogen) atoms. The van der Waals surface area contributed by atoms with Gasteiger partial charge < -0.3 is 16.0 Å². The molecule has 0 aromatic heterocycles. The van der Waals surface area contributed by atoms with Crippen LogP contribution in [-0.2, 0) is 10.0 Å². The van der Waals surface area contributed by atoms with Crippen LogP contribution in [-0.4, -0.2) is 22.5 Å². The number of nitrogens with two attached hydrogens (primary N) is 2. The monoisotopic (exact) mass is 306 g/mol. The van der Waals surface area contributed by atoms with Crippen LogP contribution in [0.2, 0.25) is 0 Å². The second-order valence-corrected chi connectivity index (χ2v) is 6.40. The van der Waals surface area contributed by atoms with Crippen LogP contribution in [0.5, 0.6) is 0 Å². The van der Waals surface area contributed by atoms with Crippen molar-refractivity contribution in [3.63, 3.8) is 0 Å². The van der Waals surface area contributed by atoms with Gasteiger partial charge in [-0.25, -0.2) is 13.6 Å². The minimum absolute atomic E-state index is 0.0740. The SMILES string of the molecule is CN(C)c1cccc(Nc2ccc(S(N)(=O)=O)c(N)c2)c1. The summed E-state index contributed by atoms with van der Waals surface area (Å²) in [5.74, 6) is 0. The van der Waals surface area contributed by atoms with Crippen molar-refractivity contribution in [1.29, 1.82) is 0 Å². The van der Waals surface area contributed by atoms with E-state index in [1.165, 1.54) is 6.07 Å². The smallest absolute Gasteiger partial charge is 0.240 e. The van der Waals surface area contributed by atoms with Gasteiger partial charge >= 0.3 is 0 Å². The highest BCUT2D eigenvalue weighted by Gasteiger charge is 2.12. The molecule has 0 radical (unpaired) electrons. The molecule has 0 saturated heterocycles. The molecule has 0 bridgehead atoms. The van der Waals surface area contributed by atoms with Crippen molar-refractivity contribution in [3.05, 3.63) is 42.5 Å². The largest absolute Gasteiger partial charge is 0.398 e. The number of nitrogens with one attached hydrogen (secondary N) is 1. The van der Waals surface area contributed by atoms with Gasteiger partial charge in [-0.1, -0.05) is 6.07 Å². The fraction of sp³-hybridized carbons (Fsp3) is 0.143. The molecular formula is C14H18N4O2S. The van der Waals surface area contributed by atoms with Gasteiger partial charge in [0.2, 0.25) is 10.0 Å². The third kappa shape index (κ3) is 3.65. The van der Waals surface area contributed by atoms with E-state index in [-0.39, 0.29) is 10.6 Å². The Bertz CT molecular complexity index is 757. The zero-order valence-electron chi connectivity index (χ0n) is 11.9. The number of sulfonamides is 1. The molecule has 0 heterocycles. The number of nitrogens with zero attached hydrogens (tertiary/aromatic N) is 1. The summed E-state index contributed by atoms with van der Waals surface area (Å²) >= 11 is 0. The average molecular weight is 306 g/mol. The maximum absolute atomic E-state index is 11.3. The van der Waals surface area contributed by atoms with Crippen LogP contribution in [0.4, 0.5) is 22.7 Å². The molecule has 6 nitrogen and oxygen atoms in total. The molecule has 0 amide bonds.